The Hall–Kier alpha value is -1.06. The fourth-order valence-electron chi connectivity index (χ4n) is 1.13. The molecule has 0 aliphatic heterocycles. The summed E-state index contributed by atoms with van der Waals surface area (Å²) in [7, 11) is 0. The zero-order chi connectivity index (χ0) is 10.6. The maximum Gasteiger partial charge on any atom is 0.242 e. The van der Waals surface area contributed by atoms with E-state index in [-0.39, 0.29) is 0 Å². The van der Waals surface area contributed by atoms with Crippen molar-refractivity contribution < 1.29 is 0 Å². The quantitative estimate of drug-likeness (QED) is 0.783. The molecule has 1 aromatic heterocycles. The molecule has 0 radical (unpaired) electrons. The first-order chi connectivity index (χ1) is 6.58. The molecule has 1 rings (SSSR count). The summed E-state index contributed by atoms with van der Waals surface area (Å²) in [5, 5.41) is 7.51. The van der Waals surface area contributed by atoms with Crippen LogP contribution in [0.2, 0.25) is 0 Å². The van der Waals surface area contributed by atoms with Crippen LogP contribution in [0.4, 0.5) is 5.95 Å². The fourth-order valence-corrected chi connectivity index (χ4v) is 1.13. The minimum absolute atomic E-state index is 0.606. The van der Waals surface area contributed by atoms with Gasteiger partial charge in [0.05, 0.1) is 0 Å². The normalized spacial score (nSPS) is 11.3. The average Bonchev–Trinajstić information content (AvgIpc) is 2.47. The Morgan fingerprint density at radius 2 is 2.00 bits per heavy atom. The lowest BCUT2D eigenvalue weighted by Crippen LogP contribution is -2.10. The fraction of sp³-hybridized carbons (Fsp3) is 0.800. The molecular weight excluding hydrogens is 176 g/mol. The van der Waals surface area contributed by atoms with Gasteiger partial charge in [-0.15, -0.1) is 5.10 Å². The van der Waals surface area contributed by atoms with Crippen LogP contribution in [-0.2, 0) is 6.54 Å². The van der Waals surface area contributed by atoms with Crippen molar-refractivity contribution in [1.82, 2.24) is 14.8 Å². The zero-order valence-electron chi connectivity index (χ0n) is 9.49. The molecule has 0 aliphatic rings. The van der Waals surface area contributed by atoms with Gasteiger partial charge in [-0.1, -0.05) is 27.7 Å². The highest BCUT2D eigenvalue weighted by Crippen LogP contribution is 2.02. The molecule has 4 heteroatoms. The van der Waals surface area contributed by atoms with E-state index < -0.39 is 0 Å². The second kappa shape index (κ2) is 4.98. The smallest absolute Gasteiger partial charge is 0.242 e. The lowest BCUT2D eigenvalue weighted by atomic mass is 10.2. The van der Waals surface area contributed by atoms with Crippen LogP contribution in [-0.4, -0.2) is 21.3 Å². The Labute approximate surface area is 85.7 Å². The molecule has 14 heavy (non-hydrogen) atoms. The van der Waals surface area contributed by atoms with Crippen molar-refractivity contribution in [2.75, 3.05) is 11.9 Å². The molecule has 0 spiro atoms. The third kappa shape index (κ3) is 3.77. The molecule has 0 bridgehead atoms. The summed E-state index contributed by atoms with van der Waals surface area (Å²) in [6.07, 6.45) is 1.78. The Morgan fingerprint density at radius 3 is 2.57 bits per heavy atom. The number of rotatable bonds is 5. The van der Waals surface area contributed by atoms with Gasteiger partial charge in [-0.2, -0.15) is 0 Å². The predicted molar refractivity (Wildman–Crippen MR) is 58.2 cm³/mol. The lowest BCUT2D eigenvalue weighted by Gasteiger charge is -2.05. The molecule has 1 aromatic rings. The van der Waals surface area contributed by atoms with Crippen LogP contribution >= 0.6 is 0 Å². The van der Waals surface area contributed by atoms with E-state index in [2.05, 4.69) is 43.1 Å². The highest BCUT2D eigenvalue weighted by molar-refractivity contribution is 5.20. The first-order valence-corrected chi connectivity index (χ1v) is 5.21. The summed E-state index contributed by atoms with van der Waals surface area (Å²) in [6, 6.07) is 0. The highest BCUT2D eigenvalue weighted by Gasteiger charge is 2.02. The average molecular weight is 196 g/mol. The Kier molecular flexibility index (Phi) is 3.92. The monoisotopic (exact) mass is 196 g/mol. The second-order valence-electron chi connectivity index (χ2n) is 4.46. The van der Waals surface area contributed by atoms with Gasteiger partial charge in [0, 0.05) is 13.1 Å². The topological polar surface area (TPSA) is 42.7 Å². The largest absolute Gasteiger partial charge is 0.353 e. The number of nitrogens with zero attached hydrogens (tertiary/aromatic N) is 3. The Bertz CT molecular complexity index is 265. The molecule has 0 aromatic carbocycles. The van der Waals surface area contributed by atoms with Crippen molar-refractivity contribution in [2.45, 2.75) is 34.2 Å². The van der Waals surface area contributed by atoms with E-state index in [1.165, 1.54) is 0 Å². The first kappa shape index (κ1) is 11.0. The predicted octanol–water partition coefficient (Wildman–Crippen LogP) is 2.00. The molecule has 0 saturated heterocycles. The van der Waals surface area contributed by atoms with Crippen LogP contribution < -0.4 is 5.32 Å². The standard InChI is InChI=1S/C10H20N4/c1-8(2)5-11-10-12-7-14(13-10)6-9(3)4/h7-9H,5-6H2,1-4H3,(H,11,13). The summed E-state index contributed by atoms with van der Waals surface area (Å²) in [5.41, 5.74) is 0. The van der Waals surface area contributed by atoms with Gasteiger partial charge in [-0.3, -0.25) is 4.68 Å². The van der Waals surface area contributed by atoms with Gasteiger partial charge in [-0.25, -0.2) is 4.98 Å². The van der Waals surface area contributed by atoms with Gasteiger partial charge < -0.3 is 5.32 Å². The summed E-state index contributed by atoms with van der Waals surface area (Å²) in [6.45, 7) is 10.5. The maximum atomic E-state index is 4.32. The van der Waals surface area contributed by atoms with Crippen LogP contribution in [0.5, 0.6) is 0 Å². The number of nitrogens with one attached hydrogen (secondary N) is 1. The van der Waals surface area contributed by atoms with E-state index in [0.717, 1.165) is 19.0 Å². The Morgan fingerprint density at radius 1 is 1.29 bits per heavy atom. The molecule has 0 amide bonds. The Balaban J connectivity index is 2.42. The molecule has 0 saturated carbocycles. The van der Waals surface area contributed by atoms with Gasteiger partial charge in [0.1, 0.15) is 6.33 Å². The van der Waals surface area contributed by atoms with Crippen molar-refractivity contribution in [1.29, 1.82) is 0 Å². The van der Waals surface area contributed by atoms with E-state index in [4.69, 9.17) is 0 Å². The van der Waals surface area contributed by atoms with Crippen molar-refractivity contribution in [2.24, 2.45) is 11.8 Å². The van der Waals surface area contributed by atoms with Crippen LogP contribution in [0, 0.1) is 11.8 Å². The summed E-state index contributed by atoms with van der Waals surface area (Å²) >= 11 is 0. The molecule has 0 unspecified atom stereocenters. The molecular formula is C10H20N4. The molecule has 4 nitrogen and oxygen atoms in total. The van der Waals surface area contributed by atoms with Gasteiger partial charge in [-0.05, 0) is 11.8 Å². The third-order valence-electron chi connectivity index (χ3n) is 1.76. The zero-order valence-corrected chi connectivity index (χ0v) is 9.49. The minimum atomic E-state index is 0.606. The number of aromatic nitrogens is 3. The van der Waals surface area contributed by atoms with Crippen molar-refractivity contribution in [3.63, 3.8) is 0 Å². The van der Waals surface area contributed by atoms with Crippen molar-refractivity contribution in [3.8, 4) is 0 Å². The molecule has 1 N–H and O–H groups in total. The van der Waals surface area contributed by atoms with Gasteiger partial charge in [0.25, 0.3) is 0 Å². The molecule has 80 valence electrons. The van der Waals surface area contributed by atoms with E-state index in [0.29, 0.717) is 11.8 Å². The number of hydrogen-bond donors (Lipinski definition) is 1. The van der Waals surface area contributed by atoms with Gasteiger partial charge in [0.15, 0.2) is 0 Å². The molecule has 0 aliphatic carbocycles. The van der Waals surface area contributed by atoms with Crippen LogP contribution in [0.25, 0.3) is 0 Å². The second-order valence-corrected chi connectivity index (χ2v) is 4.46. The molecule has 0 atom stereocenters. The van der Waals surface area contributed by atoms with Gasteiger partial charge in [0.2, 0.25) is 5.95 Å². The van der Waals surface area contributed by atoms with E-state index in [9.17, 15) is 0 Å². The van der Waals surface area contributed by atoms with E-state index >= 15 is 0 Å². The van der Waals surface area contributed by atoms with Crippen molar-refractivity contribution in [3.05, 3.63) is 6.33 Å². The lowest BCUT2D eigenvalue weighted by molar-refractivity contribution is 0.482. The number of anilines is 1. The third-order valence-corrected chi connectivity index (χ3v) is 1.76. The highest BCUT2D eigenvalue weighted by atomic mass is 15.4. The van der Waals surface area contributed by atoms with Gasteiger partial charge >= 0.3 is 0 Å². The summed E-state index contributed by atoms with van der Waals surface area (Å²) in [4.78, 5) is 4.18. The van der Waals surface area contributed by atoms with Crippen LogP contribution in [0.1, 0.15) is 27.7 Å². The first-order valence-electron chi connectivity index (χ1n) is 5.21. The maximum absolute atomic E-state index is 4.32. The molecule has 1 heterocycles. The van der Waals surface area contributed by atoms with Crippen LogP contribution in [0.15, 0.2) is 6.33 Å². The minimum Gasteiger partial charge on any atom is -0.353 e. The summed E-state index contributed by atoms with van der Waals surface area (Å²) in [5.74, 6) is 1.96. The molecule has 0 fully saturated rings. The van der Waals surface area contributed by atoms with E-state index in [1.54, 1.807) is 6.33 Å². The van der Waals surface area contributed by atoms with Crippen molar-refractivity contribution >= 4 is 5.95 Å². The SMILES string of the molecule is CC(C)CNc1ncn(CC(C)C)n1. The number of hydrogen-bond acceptors (Lipinski definition) is 3. The van der Waals surface area contributed by atoms with E-state index in [1.807, 2.05) is 4.68 Å². The summed E-state index contributed by atoms with van der Waals surface area (Å²) < 4.78 is 1.88. The van der Waals surface area contributed by atoms with Crippen LogP contribution in [0.3, 0.4) is 0 Å².